The van der Waals surface area contributed by atoms with Gasteiger partial charge in [0.15, 0.2) is 0 Å². The first kappa shape index (κ1) is 22.8. The molecular weight excluding hydrogens is 354 g/mol. The van der Waals surface area contributed by atoms with E-state index in [0.29, 0.717) is 11.3 Å². The third-order valence-corrected chi connectivity index (χ3v) is 8.71. The summed E-state index contributed by atoms with van der Waals surface area (Å²) in [7, 11) is 0. The van der Waals surface area contributed by atoms with Crippen molar-refractivity contribution in [2.45, 2.75) is 97.5 Å². The lowest BCUT2D eigenvalue weighted by molar-refractivity contribution is 0.0351. The predicted octanol–water partition coefficient (Wildman–Crippen LogP) is 6.57. The number of nitrogens with one attached hydrogen (secondary N) is 1. The molecule has 1 heterocycles. The maximum absolute atomic E-state index is 10.6. The fourth-order valence-electron chi connectivity index (χ4n) is 6.46. The summed E-state index contributed by atoms with van der Waals surface area (Å²) in [5.41, 5.74) is 3.30. The third-order valence-electron chi connectivity index (χ3n) is 8.71. The van der Waals surface area contributed by atoms with Gasteiger partial charge in [0, 0.05) is 0 Å². The number of allylic oxidation sites excluding steroid dienone is 4. The second kappa shape index (κ2) is 9.96. The van der Waals surface area contributed by atoms with Crippen molar-refractivity contribution in [2.75, 3.05) is 13.1 Å². The van der Waals surface area contributed by atoms with Crippen LogP contribution in [-0.4, -0.2) is 23.8 Å². The van der Waals surface area contributed by atoms with Crippen LogP contribution in [0.3, 0.4) is 0 Å². The van der Waals surface area contributed by atoms with E-state index in [0.717, 1.165) is 44.2 Å². The molecule has 2 nitrogen and oxygen atoms in total. The molecule has 0 spiro atoms. The van der Waals surface area contributed by atoms with E-state index in [2.05, 4.69) is 57.3 Å². The van der Waals surface area contributed by atoms with Crippen molar-refractivity contribution in [1.29, 1.82) is 0 Å². The summed E-state index contributed by atoms with van der Waals surface area (Å²) < 4.78 is 0. The molecule has 2 saturated carbocycles. The van der Waals surface area contributed by atoms with Gasteiger partial charge in [0.05, 0.1) is 5.60 Å². The highest BCUT2D eigenvalue weighted by atomic mass is 16.3. The summed E-state index contributed by atoms with van der Waals surface area (Å²) in [6, 6.07) is 0. The standard InChI is InChI=1S/C27H45NO/c1-5-27(29,6-2)18-7-9-21(3)24-13-14-25-23(10-8-17-26(24,25)4)12-11-22-15-19-28-20-16-22/h7,9,11-12,21,24-25,28-29H,5-6,8,10,13-20H2,1-4H3/b9-7+,23-12+/t21?,24-,25?,26-/m1/s1. The van der Waals surface area contributed by atoms with Crippen molar-refractivity contribution in [1.82, 2.24) is 5.32 Å². The van der Waals surface area contributed by atoms with Crippen LogP contribution in [0.15, 0.2) is 35.5 Å². The van der Waals surface area contributed by atoms with Crippen molar-refractivity contribution in [2.24, 2.45) is 23.2 Å². The van der Waals surface area contributed by atoms with E-state index in [1.807, 2.05) is 0 Å². The van der Waals surface area contributed by atoms with Gasteiger partial charge in [0.2, 0.25) is 0 Å². The Morgan fingerprint density at radius 2 is 1.86 bits per heavy atom. The fourth-order valence-corrected chi connectivity index (χ4v) is 6.46. The van der Waals surface area contributed by atoms with Crippen molar-refractivity contribution in [3.8, 4) is 0 Å². The quantitative estimate of drug-likeness (QED) is 0.474. The van der Waals surface area contributed by atoms with E-state index in [-0.39, 0.29) is 0 Å². The molecule has 3 aliphatic rings. The maximum atomic E-state index is 10.6. The van der Waals surface area contributed by atoms with Crippen molar-refractivity contribution in [3.05, 3.63) is 35.5 Å². The summed E-state index contributed by atoms with van der Waals surface area (Å²) in [6.07, 6.45) is 21.4. The molecule has 29 heavy (non-hydrogen) atoms. The lowest BCUT2D eigenvalue weighted by Crippen LogP contribution is -2.35. The Hall–Kier alpha value is -0.860. The van der Waals surface area contributed by atoms with E-state index in [4.69, 9.17) is 0 Å². The largest absolute Gasteiger partial charge is 0.390 e. The van der Waals surface area contributed by atoms with E-state index >= 15 is 0 Å². The minimum Gasteiger partial charge on any atom is -0.390 e. The van der Waals surface area contributed by atoms with Gasteiger partial charge >= 0.3 is 0 Å². The van der Waals surface area contributed by atoms with E-state index < -0.39 is 5.60 Å². The molecule has 1 saturated heterocycles. The first-order valence-corrected chi connectivity index (χ1v) is 12.4. The first-order chi connectivity index (χ1) is 13.9. The zero-order chi connectivity index (χ0) is 20.9. The molecule has 4 atom stereocenters. The van der Waals surface area contributed by atoms with Crippen LogP contribution in [0.25, 0.3) is 0 Å². The van der Waals surface area contributed by atoms with Crippen molar-refractivity contribution >= 4 is 0 Å². The minimum atomic E-state index is -0.513. The Morgan fingerprint density at radius 1 is 1.14 bits per heavy atom. The van der Waals surface area contributed by atoms with Gasteiger partial charge in [-0.05, 0) is 100 Å². The minimum absolute atomic E-state index is 0.451. The van der Waals surface area contributed by atoms with Crippen LogP contribution >= 0.6 is 0 Å². The molecule has 0 bridgehead atoms. The Balaban J connectivity index is 1.67. The zero-order valence-corrected chi connectivity index (χ0v) is 19.5. The summed E-state index contributed by atoms with van der Waals surface area (Å²) in [4.78, 5) is 0. The summed E-state index contributed by atoms with van der Waals surface area (Å²) in [5, 5.41) is 14.0. The maximum Gasteiger partial charge on any atom is 0.0676 e. The molecule has 2 unspecified atom stereocenters. The molecule has 0 radical (unpaired) electrons. The highest BCUT2D eigenvalue weighted by molar-refractivity contribution is 5.26. The first-order valence-electron chi connectivity index (χ1n) is 12.4. The Kier molecular flexibility index (Phi) is 7.84. The van der Waals surface area contributed by atoms with Gasteiger partial charge in [-0.25, -0.2) is 0 Å². The highest BCUT2D eigenvalue weighted by Crippen LogP contribution is 2.59. The molecule has 1 aliphatic heterocycles. The van der Waals surface area contributed by atoms with E-state index in [1.54, 1.807) is 11.1 Å². The number of rotatable bonds is 7. The molecule has 2 N–H and O–H groups in total. The molecule has 0 aromatic heterocycles. The summed E-state index contributed by atoms with van der Waals surface area (Å²) in [6.45, 7) is 11.5. The monoisotopic (exact) mass is 399 g/mol. The number of fused-ring (bicyclic) bond motifs is 1. The molecular formula is C27H45NO. The van der Waals surface area contributed by atoms with Crippen molar-refractivity contribution in [3.63, 3.8) is 0 Å². The van der Waals surface area contributed by atoms with E-state index in [9.17, 15) is 5.11 Å². The molecule has 0 aromatic carbocycles. The summed E-state index contributed by atoms with van der Waals surface area (Å²) >= 11 is 0. The van der Waals surface area contributed by atoms with Crippen LogP contribution in [0.5, 0.6) is 0 Å². The van der Waals surface area contributed by atoms with Crippen LogP contribution in [0.2, 0.25) is 0 Å². The Morgan fingerprint density at radius 3 is 2.55 bits per heavy atom. The molecule has 164 valence electrons. The van der Waals surface area contributed by atoms with Gasteiger partial charge in [-0.1, -0.05) is 63.1 Å². The zero-order valence-electron chi connectivity index (χ0n) is 19.5. The van der Waals surface area contributed by atoms with Crippen LogP contribution in [-0.2, 0) is 0 Å². The smallest absolute Gasteiger partial charge is 0.0676 e. The fraction of sp³-hybridized carbons (Fsp3) is 0.778. The molecule has 3 rings (SSSR count). The van der Waals surface area contributed by atoms with Crippen molar-refractivity contribution < 1.29 is 5.11 Å². The topological polar surface area (TPSA) is 32.3 Å². The van der Waals surface area contributed by atoms with Gasteiger partial charge in [-0.2, -0.15) is 0 Å². The van der Waals surface area contributed by atoms with Gasteiger partial charge in [-0.15, -0.1) is 0 Å². The van der Waals surface area contributed by atoms with Crippen LogP contribution < -0.4 is 5.32 Å². The predicted molar refractivity (Wildman–Crippen MR) is 125 cm³/mol. The molecule has 0 amide bonds. The third kappa shape index (κ3) is 5.25. The lowest BCUT2D eigenvalue weighted by atomic mass is 9.61. The normalized spacial score (nSPS) is 33.3. The van der Waals surface area contributed by atoms with Gasteiger partial charge < -0.3 is 10.4 Å². The van der Waals surface area contributed by atoms with Crippen LogP contribution in [0.4, 0.5) is 0 Å². The SMILES string of the molecule is CCC(O)(CC)C/C=C/C(C)[C@H]1CCC2/C(=C/C=C3CCNCC3)CCC[C@@]21C. The van der Waals surface area contributed by atoms with Gasteiger partial charge in [0.25, 0.3) is 0 Å². The number of aliphatic hydroxyl groups is 1. The average molecular weight is 400 g/mol. The van der Waals surface area contributed by atoms with Crippen LogP contribution in [0.1, 0.15) is 91.9 Å². The van der Waals surface area contributed by atoms with E-state index in [1.165, 1.54) is 44.9 Å². The Labute approximate surface area is 179 Å². The molecule has 3 fully saturated rings. The number of piperidine rings is 1. The van der Waals surface area contributed by atoms with Gasteiger partial charge in [-0.3, -0.25) is 0 Å². The second-order valence-electron chi connectivity index (χ2n) is 10.3. The molecule has 0 aromatic rings. The lowest BCUT2D eigenvalue weighted by Gasteiger charge is -2.44. The molecule has 2 aliphatic carbocycles. The number of hydrogen-bond donors (Lipinski definition) is 2. The van der Waals surface area contributed by atoms with Crippen LogP contribution in [0, 0.1) is 23.2 Å². The second-order valence-corrected chi connectivity index (χ2v) is 10.3. The van der Waals surface area contributed by atoms with Gasteiger partial charge in [0.1, 0.15) is 0 Å². The summed E-state index contributed by atoms with van der Waals surface area (Å²) in [5.74, 6) is 2.15. The molecule has 2 heteroatoms. The highest BCUT2D eigenvalue weighted by Gasteiger charge is 2.50. The Bertz CT molecular complexity index is 618. The number of hydrogen-bond acceptors (Lipinski definition) is 2. The average Bonchev–Trinajstić information content (AvgIpc) is 3.10.